The van der Waals surface area contributed by atoms with Crippen LogP contribution in [0.15, 0.2) is 97.1 Å². The van der Waals surface area contributed by atoms with Gasteiger partial charge in [-0.2, -0.15) is 0 Å². The molecule has 0 aromatic heterocycles. The Kier molecular flexibility index (Phi) is 13.5. The Morgan fingerprint density at radius 1 is 0.415 bits per heavy atom. The van der Waals surface area contributed by atoms with Gasteiger partial charge >= 0.3 is 23.9 Å². The SMILES string of the molecule is COc1ccc(/C=C/C(=O)Oc2ccc(/C=C/C(=O)Oc3cc(/C=C/C(=O)OC(=O)/C=C/c4ccc(OC)c(OC)c4)ccc3O)cc2OC)cc1O. The zero-order valence-electron chi connectivity index (χ0n) is 28.9. The summed E-state index contributed by atoms with van der Waals surface area (Å²) in [6.45, 7) is 0. The monoisotopic (exact) mass is 722 g/mol. The van der Waals surface area contributed by atoms with Crippen molar-refractivity contribution >= 4 is 48.2 Å². The van der Waals surface area contributed by atoms with E-state index in [4.69, 9.17) is 33.2 Å². The van der Waals surface area contributed by atoms with Crippen molar-refractivity contribution in [1.82, 2.24) is 0 Å². The first-order valence-electron chi connectivity index (χ1n) is 15.5. The van der Waals surface area contributed by atoms with Gasteiger partial charge in [0.1, 0.15) is 0 Å². The number of hydrogen-bond donors (Lipinski definition) is 2. The van der Waals surface area contributed by atoms with Gasteiger partial charge in [-0.15, -0.1) is 0 Å². The number of benzene rings is 4. The molecule has 0 saturated carbocycles. The minimum Gasteiger partial charge on any atom is -0.504 e. The number of esters is 4. The largest absolute Gasteiger partial charge is 0.504 e. The molecule has 0 aliphatic rings. The zero-order chi connectivity index (χ0) is 38.3. The quantitative estimate of drug-likeness (QED) is 0.0656. The van der Waals surface area contributed by atoms with Crippen LogP contribution in [0.4, 0.5) is 0 Å². The van der Waals surface area contributed by atoms with Crippen LogP contribution >= 0.6 is 0 Å². The first kappa shape index (κ1) is 38.5. The second-order valence-electron chi connectivity index (χ2n) is 10.6. The number of phenolic OH excluding ortho intramolecular Hbond substituents is 2. The standard InChI is InChI=1S/C40H34O13/c1-47-31-14-6-25(21-30(31)42)9-17-37(43)51-33-16-8-28(24-36(33)50-4)10-18-38(44)52-34-22-26(5-13-29(34)41)11-19-39(45)53-40(46)20-12-27-7-15-32(48-2)35(23-27)49-3/h5-24,41-42H,1-4H3/b17-9+,18-10+,19-11+,20-12+. The van der Waals surface area contributed by atoms with E-state index in [2.05, 4.69) is 0 Å². The molecular formula is C40H34O13. The molecule has 272 valence electrons. The minimum atomic E-state index is -0.955. The van der Waals surface area contributed by atoms with E-state index < -0.39 is 23.9 Å². The Hall–Kier alpha value is -7.28. The molecule has 0 bridgehead atoms. The van der Waals surface area contributed by atoms with Gasteiger partial charge in [0, 0.05) is 24.3 Å². The molecular weight excluding hydrogens is 688 g/mol. The molecule has 0 radical (unpaired) electrons. The first-order chi connectivity index (χ1) is 25.5. The van der Waals surface area contributed by atoms with Crippen molar-refractivity contribution < 1.29 is 62.5 Å². The smallest absolute Gasteiger partial charge is 0.338 e. The van der Waals surface area contributed by atoms with Crippen LogP contribution < -0.4 is 28.4 Å². The van der Waals surface area contributed by atoms with Crippen molar-refractivity contribution in [2.24, 2.45) is 0 Å². The lowest BCUT2D eigenvalue weighted by atomic mass is 10.1. The molecule has 0 fully saturated rings. The van der Waals surface area contributed by atoms with Gasteiger partial charge < -0.3 is 43.4 Å². The number of methoxy groups -OCH3 is 4. The summed E-state index contributed by atoms with van der Waals surface area (Å²) in [6.07, 6.45) is 9.99. The summed E-state index contributed by atoms with van der Waals surface area (Å²) in [5.41, 5.74) is 2.00. The van der Waals surface area contributed by atoms with Crippen molar-refractivity contribution in [2.75, 3.05) is 28.4 Å². The Bertz CT molecular complexity index is 2110. The molecule has 0 aliphatic carbocycles. The molecule has 13 heteroatoms. The summed E-state index contributed by atoms with van der Waals surface area (Å²) in [4.78, 5) is 49.3. The lowest BCUT2D eigenvalue weighted by Gasteiger charge is -2.09. The van der Waals surface area contributed by atoms with Crippen LogP contribution in [0.1, 0.15) is 22.3 Å². The van der Waals surface area contributed by atoms with Crippen molar-refractivity contribution in [3.8, 4) is 46.0 Å². The van der Waals surface area contributed by atoms with Crippen LogP contribution in [0.25, 0.3) is 24.3 Å². The van der Waals surface area contributed by atoms with Crippen molar-refractivity contribution in [3.05, 3.63) is 119 Å². The average Bonchev–Trinajstić information content (AvgIpc) is 3.16. The van der Waals surface area contributed by atoms with Gasteiger partial charge in [0.2, 0.25) is 0 Å². The zero-order valence-corrected chi connectivity index (χ0v) is 28.9. The number of phenols is 2. The Morgan fingerprint density at radius 3 is 1.28 bits per heavy atom. The summed E-state index contributed by atoms with van der Waals surface area (Å²) >= 11 is 0. The number of carbonyl (C=O) groups excluding carboxylic acids is 4. The number of ether oxygens (including phenoxy) is 7. The molecule has 4 rings (SSSR count). The molecule has 53 heavy (non-hydrogen) atoms. The van der Waals surface area contributed by atoms with Crippen molar-refractivity contribution in [2.45, 2.75) is 0 Å². The Morgan fingerprint density at radius 2 is 0.792 bits per heavy atom. The third-order valence-electron chi connectivity index (χ3n) is 7.05. The van der Waals surface area contributed by atoms with E-state index in [0.717, 1.165) is 18.2 Å². The van der Waals surface area contributed by atoms with E-state index in [1.807, 2.05) is 0 Å². The average molecular weight is 723 g/mol. The second-order valence-corrected chi connectivity index (χ2v) is 10.6. The predicted molar refractivity (Wildman–Crippen MR) is 194 cm³/mol. The Balaban J connectivity index is 1.32. The van der Waals surface area contributed by atoms with Gasteiger partial charge in [-0.05, 0) is 95.1 Å². The molecule has 0 atom stereocenters. The summed E-state index contributed by atoms with van der Waals surface area (Å²) in [5, 5.41) is 20.1. The fraction of sp³-hybridized carbons (Fsp3) is 0.100. The summed E-state index contributed by atoms with van der Waals surface area (Å²) in [7, 11) is 5.78. The minimum absolute atomic E-state index is 0.0805. The predicted octanol–water partition coefficient (Wildman–Crippen LogP) is 6.17. The highest BCUT2D eigenvalue weighted by atomic mass is 16.6. The van der Waals surface area contributed by atoms with E-state index >= 15 is 0 Å². The van der Waals surface area contributed by atoms with Gasteiger partial charge in [0.25, 0.3) is 0 Å². The van der Waals surface area contributed by atoms with E-state index in [9.17, 15) is 29.4 Å². The van der Waals surface area contributed by atoms with Gasteiger partial charge in [-0.3, -0.25) is 0 Å². The van der Waals surface area contributed by atoms with Crippen LogP contribution in [-0.4, -0.2) is 62.5 Å². The molecule has 0 aliphatic heterocycles. The molecule has 4 aromatic rings. The lowest BCUT2D eigenvalue weighted by Crippen LogP contribution is -2.07. The summed E-state index contributed by atoms with van der Waals surface area (Å²) < 4.78 is 36.1. The van der Waals surface area contributed by atoms with Crippen molar-refractivity contribution in [3.63, 3.8) is 0 Å². The number of hydrogen-bond acceptors (Lipinski definition) is 13. The molecule has 0 amide bonds. The van der Waals surface area contributed by atoms with Crippen LogP contribution in [-0.2, 0) is 23.9 Å². The van der Waals surface area contributed by atoms with Crippen LogP contribution in [0.2, 0.25) is 0 Å². The van der Waals surface area contributed by atoms with Gasteiger partial charge in [0.05, 0.1) is 28.4 Å². The topological polar surface area (TPSA) is 173 Å². The van der Waals surface area contributed by atoms with Gasteiger partial charge in [-0.25, -0.2) is 19.2 Å². The molecule has 0 unspecified atom stereocenters. The van der Waals surface area contributed by atoms with Crippen molar-refractivity contribution in [1.29, 1.82) is 0 Å². The molecule has 4 aromatic carbocycles. The van der Waals surface area contributed by atoms with E-state index in [0.29, 0.717) is 39.5 Å². The van der Waals surface area contributed by atoms with Crippen LogP contribution in [0, 0.1) is 0 Å². The maximum atomic E-state index is 12.6. The van der Waals surface area contributed by atoms with E-state index in [1.54, 1.807) is 36.4 Å². The normalized spacial score (nSPS) is 11.2. The number of aromatic hydroxyl groups is 2. The fourth-order valence-electron chi connectivity index (χ4n) is 4.46. The van der Waals surface area contributed by atoms with Crippen LogP contribution in [0.5, 0.6) is 46.0 Å². The van der Waals surface area contributed by atoms with Crippen LogP contribution in [0.3, 0.4) is 0 Å². The highest BCUT2D eigenvalue weighted by Gasteiger charge is 2.12. The fourth-order valence-corrected chi connectivity index (χ4v) is 4.46. The maximum absolute atomic E-state index is 12.6. The highest BCUT2D eigenvalue weighted by molar-refractivity contribution is 6.00. The van der Waals surface area contributed by atoms with Gasteiger partial charge in [-0.1, -0.05) is 24.3 Å². The Labute approximate surface area is 304 Å². The molecule has 2 N–H and O–H groups in total. The number of carbonyl (C=O) groups is 4. The molecule has 0 heterocycles. The van der Waals surface area contributed by atoms with E-state index in [1.165, 1.54) is 95.2 Å². The molecule has 0 spiro atoms. The third-order valence-corrected chi connectivity index (χ3v) is 7.05. The maximum Gasteiger partial charge on any atom is 0.338 e. The summed E-state index contributed by atoms with van der Waals surface area (Å²) in [6, 6.07) is 18.2. The van der Waals surface area contributed by atoms with E-state index in [-0.39, 0.29) is 28.7 Å². The van der Waals surface area contributed by atoms with Gasteiger partial charge in [0.15, 0.2) is 46.0 Å². The third kappa shape index (κ3) is 11.4. The first-order valence-corrected chi connectivity index (χ1v) is 15.5. The highest BCUT2D eigenvalue weighted by Crippen LogP contribution is 2.31. The lowest BCUT2D eigenvalue weighted by molar-refractivity contribution is -0.152. The second kappa shape index (κ2) is 18.6. The molecule has 13 nitrogen and oxygen atoms in total. The number of rotatable bonds is 14. The summed E-state index contributed by atoms with van der Waals surface area (Å²) in [5.74, 6) is -2.42. The molecule has 0 saturated heterocycles.